The second-order valence-corrected chi connectivity index (χ2v) is 2.87. The lowest BCUT2D eigenvalue weighted by Crippen LogP contribution is -2.18. The molecule has 0 aromatic rings. The molecule has 0 aromatic carbocycles. The summed E-state index contributed by atoms with van der Waals surface area (Å²) in [4.78, 5) is 0. The fourth-order valence-electron chi connectivity index (χ4n) is 0.700. The molecule has 2 nitrogen and oxygen atoms in total. The molecule has 0 amide bonds. The highest BCUT2D eigenvalue weighted by atomic mass is 16.5. The van der Waals surface area contributed by atoms with Crippen LogP contribution in [-0.2, 0) is 4.74 Å². The quantitative estimate of drug-likeness (QED) is 0.465. The molecule has 0 aromatic heterocycles. The molecule has 0 fully saturated rings. The van der Waals surface area contributed by atoms with Crippen LogP contribution in [0.4, 0.5) is 0 Å². The largest absolute Gasteiger partial charge is 0.383 e. The summed E-state index contributed by atoms with van der Waals surface area (Å²) in [5.41, 5.74) is 0. The van der Waals surface area contributed by atoms with Crippen molar-refractivity contribution in [3.63, 3.8) is 0 Å². The third-order valence-electron chi connectivity index (χ3n) is 1.27. The molecule has 0 bridgehead atoms. The lowest BCUT2D eigenvalue weighted by Gasteiger charge is -1.99. The monoisotopic (exact) mass is 157 g/mol. The van der Waals surface area contributed by atoms with Gasteiger partial charge in [-0.05, 0) is 5.92 Å². The molecule has 0 spiro atoms. The molecule has 2 heteroatoms. The highest BCUT2D eigenvalue weighted by Gasteiger charge is 1.83. The van der Waals surface area contributed by atoms with Crippen molar-refractivity contribution in [3.8, 4) is 0 Å². The van der Waals surface area contributed by atoms with E-state index in [-0.39, 0.29) is 0 Å². The Labute approximate surface area is 69.6 Å². The highest BCUT2D eigenvalue weighted by molar-refractivity contribution is 4.85. The lowest BCUT2D eigenvalue weighted by molar-refractivity contribution is 0.200. The first-order valence-corrected chi connectivity index (χ1v) is 4.13. The predicted molar refractivity (Wildman–Crippen MR) is 48.7 cm³/mol. The van der Waals surface area contributed by atoms with E-state index in [1.807, 2.05) is 0 Å². The minimum absolute atomic E-state index is 0.652. The summed E-state index contributed by atoms with van der Waals surface area (Å²) < 4.78 is 4.88. The molecule has 0 aliphatic heterocycles. The van der Waals surface area contributed by atoms with Gasteiger partial charge in [-0.25, -0.2) is 0 Å². The molecule has 0 aliphatic carbocycles. The van der Waals surface area contributed by atoms with Gasteiger partial charge in [-0.3, -0.25) is 0 Å². The lowest BCUT2D eigenvalue weighted by atomic mass is 10.2. The first-order chi connectivity index (χ1) is 5.27. The van der Waals surface area contributed by atoms with Gasteiger partial charge in [0, 0.05) is 20.2 Å². The van der Waals surface area contributed by atoms with E-state index in [4.69, 9.17) is 4.74 Å². The molecule has 0 rings (SSSR count). The maximum absolute atomic E-state index is 4.88. The normalized spacial score (nSPS) is 11.6. The van der Waals surface area contributed by atoms with Crippen LogP contribution >= 0.6 is 0 Å². The van der Waals surface area contributed by atoms with Gasteiger partial charge < -0.3 is 10.1 Å². The summed E-state index contributed by atoms with van der Waals surface area (Å²) in [6.45, 7) is 7.01. The molecule has 0 aliphatic rings. The van der Waals surface area contributed by atoms with Crippen LogP contribution in [0.2, 0.25) is 0 Å². The molecule has 0 unspecified atom stereocenters. The van der Waals surface area contributed by atoms with E-state index in [9.17, 15) is 0 Å². The topological polar surface area (TPSA) is 21.3 Å². The second kappa shape index (κ2) is 7.76. The molecule has 0 heterocycles. The maximum atomic E-state index is 4.88. The van der Waals surface area contributed by atoms with E-state index in [0.29, 0.717) is 5.92 Å². The predicted octanol–water partition coefficient (Wildman–Crippen LogP) is 1.43. The van der Waals surface area contributed by atoms with Gasteiger partial charge in [0.2, 0.25) is 0 Å². The number of methoxy groups -OCH3 is 1. The third kappa shape index (κ3) is 9.66. The molecule has 1 N–H and O–H groups in total. The molecule has 0 saturated carbocycles. The van der Waals surface area contributed by atoms with Crippen molar-refractivity contribution in [2.45, 2.75) is 13.8 Å². The first kappa shape index (κ1) is 10.7. The average Bonchev–Trinajstić information content (AvgIpc) is 1.96. The van der Waals surface area contributed by atoms with E-state index in [0.717, 1.165) is 19.7 Å². The van der Waals surface area contributed by atoms with Crippen LogP contribution in [0.25, 0.3) is 0 Å². The third-order valence-corrected chi connectivity index (χ3v) is 1.27. The summed E-state index contributed by atoms with van der Waals surface area (Å²) in [5.74, 6) is 0.652. The minimum Gasteiger partial charge on any atom is -0.383 e. The second-order valence-electron chi connectivity index (χ2n) is 2.87. The number of allylic oxidation sites excluding steroid dienone is 1. The van der Waals surface area contributed by atoms with Crippen LogP contribution in [0.5, 0.6) is 0 Å². The maximum Gasteiger partial charge on any atom is 0.0587 e. The average molecular weight is 157 g/mol. The van der Waals surface area contributed by atoms with Gasteiger partial charge in [-0.15, -0.1) is 0 Å². The van der Waals surface area contributed by atoms with Gasteiger partial charge in [0.1, 0.15) is 0 Å². The number of ether oxygens (including phenoxy) is 1. The van der Waals surface area contributed by atoms with Gasteiger partial charge in [-0.1, -0.05) is 26.0 Å². The van der Waals surface area contributed by atoms with Crippen LogP contribution in [0, 0.1) is 5.92 Å². The summed E-state index contributed by atoms with van der Waals surface area (Å²) in [5, 5.41) is 3.23. The Bertz CT molecular complexity index is 99.7. The Morgan fingerprint density at radius 3 is 2.73 bits per heavy atom. The summed E-state index contributed by atoms with van der Waals surface area (Å²) in [6.07, 6.45) is 4.35. The number of rotatable bonds is 6. The molecule has 0 atom stereocenters. The van der Waals surface area contributed by atoms with Crippen molar-refractivity contribution in [2.24, 2.45) is 5.92 Å². The van der Waals surface area contributed by atoms with Gasteiger partial charge in [0.15, 0.2) is 0 Å². The standard InChI is InChI=1S/C9H19NO/c1-9(2)5-4-6-10-7-8-11-3/h4-5,9-10H,6-8H2,1-3H3. The van der Waals surface area contributed by atoms with E-state index in [1.54, 1.807) is 7.11 Å². The van der Waals surface area contributed by atoms with Crippen LogP contribution in [0.15, 0.2) is 12.2 Å². The summed E-state index contributed by atoms with van der Waals surface area (Å²) in [6, 6.07) is 0. The Hall–Kier alpha value is -0.340. The van der Waals surface area contributed by atoms with Crippen LogP contribution in [0.1, 0.15) is 13.8 Å². The van der Waals surface area contributed by atoms with Gasteiger partial charge in [-0.2, -0.15) is 0 Å². The molecule has 0 radical (unpaired) electrons. The van der Waals surface area contributed by atoms with E-state index >= 15 is 0 Å². The van der Waals surface area contributed by atoms with Gasteiger partial charge in [0.05, 0.1) is 6.61 Å². The first-order valence-electron chi connectivity index (χ1n) is 4.13. The van der Waals surface area contributed by atoms with Crippen molar-refractivity contribution in [1.29, 1.82) is 0 Å². The molecule has 11 heavy (non-hydrogen) atoms. The Morgan fingerprint density at radius 1 is 1.45 bits per heavy atom. The number of nitrogens with one attached hydrogen (secondary N) is 1. The Balaban J connectivity index is 3.01. The minimum atomic E-state index is 0.652. The van der Waals surface area contributed by atoms with Crippen molar-refractivity contribution in [3.05, 3.63) is 12.2 Å². The van der Waals surface area contributed by atoms with Crippen molar-refractivity contribution in [1.82, 2.24) is 5.32 Å². The van der Waals surface area contributed by atoms with Crippen LogP contribution < -0.4 is 5.32 Å². The molecular weight excluding hydrogens is 138 g/mol. The fourth-order valence-corrected chi connectivity index (χ4v) is 0.700. The van der Waals surface area contributed by atoms with Gasteiger partial charge in [0.25, 0.3) is 0 Å². The van der Waals surface area contributed by atoms with Crippen LogP contribution in [-0.4, -0.2) is 26.8 Å². The smallest absolute Gasteiger partial charge is 0.0587 e. The summed E-state index contributed by atoms with van der Waals surface area (Å²) >= 11 is 0. The van der Waals surface area contributed by atoms with E-state index in [1.165, 1.54) is 0 Å². The Morgan fingerprint density at radius 2 is 2.18 bits per heavy atom. The molecule has 0 saturated heterocycles. The van der Waals surface area contributed by atoms with E-state index in [2.05, 4.69) is 31.3 Å². The Kier molecular flexibility index (Phi) is 7.52. The zero-order valence-corrected chi connectivity index (χ0v) is 7.76. The van der Waals surface area contributed by atoms with E-state index < -0.39 is 0 Å². The number of hydrogen-bond acceptors (Lipinski definition) is 2. The van der Waals surface area contributed by atoms with Gasteiger partial charge >= 0.3 is 0 Å². The molecular formula is C9H19NO. The fraction of sp³-hybridized carbons (Fsp3) is 0.778. The number of hydrogen-bond donors (Lipinski definition) is 1. The van der Waals surface area contributed by atoms with Crippen molar-refractivity contribution < 1.29 is 4.74 Å². The van der Waals surface area contributed by atoms with Crippen LogP contribution in [0.3, 0.4) is 0 Å². The zero-order chi connectivity index (χ0) is 8.53. The summed E-state index contributed by atoms with van der Waals surface area (Å²) in [7, 11) is 1.71. The van der Waals surface area contributed by atoms with Crippen molar-refractivity contribution >= 4 is 0 Å². The SMILES string of the molecule is COCCNCC=CC(C)C. The highest BCUT2D eigenvalue weighted by Crippen LogP contribution is 1.91. The van der Waals surface area contributed by atoms with Crippen molar-refractivity contribution in [2.75, 3.05) is 26.8 Å². The zero-order valence-electron chi connectivity index (χ0n) is 7.76. The molecule has 66 valence electrons.